The number of rotatable bonds is 10. The zero-order valence-electron chi connectivity index (χ0n) is 20.6. The van der Waals surface area contributed by atoms with E-state index in [9.17, 15) is 34.1 Å². The van der Waals surface area contributed by atoms with Crippen molar-refractivity contribution in [1.29, 1.82) is 0 Å². The van der Waals surface area contributed by atoms with Crippen LogP contribution < -0.4 is 0 Å². The van der Waals surface area contributed by atoms with E-state index in [4.69, 9.17) is 23.7 Å². The lowest BCUT2D eigenvalue weighted by atomic mass is 9.91. The SMILES string of the molecule is CC(=O)OC[C@H]1O[C@@H](CC(=O)/C=C/c2ccc([N+](=O)[O-])cc2)[C@H](OC(C)=O)[C@@H](OC(C)=O)[C@@H]1OC(C)=O. The minimum atomic E-state index is -1.36. The normalized spacial score (nSPS) is 23.1. The van der Waals surface area contributed by atoms with Crippen molar-refractivity contribution in [3.05, 3.63) is 46.0 Å². The molecule has 0 N–H and O–H groups in total. The van der Waals surface area contributed by atoms with E-state index in [0.29, 0.717) is 5.56 Å². The van der Waals surface area contributed by atoms with Gasteiger partial charge in [-0.25, -0.2) is 0 Å². The number of hydrogen-bond acceptors (Lipinski definition) is 12. The van der Waals surface area contributed by atoms with Gasteiger partial charge in [-0.05, 0) is 23.8 Å². The summed E-state index contributed by atoms with van der Waals surface area (Å²) in [4.78, 5) is 69.8. The molecule has 13 nitrogen and oxygen atoms in total. The van der Waals surface area contributed by atoms with Gasteiger partial charge < -0.3 is 23.7 Å². The predicted octanol–water partition coefficient (Wildman–Crippen LogP) is 1.69. The molecule has 0 amide bonds. The molecule has 1 fully saturated rings. The molecule has 37 heavy (non-hydrogen) atoms. The summed E-state index contributed by atoms with van der Waals surface area (Å²) in [6.45, 7) is 4.05. The van der Waals surface area contributed by atoms with Crippen molar-refractivity contribution < 1.29 is 52.6 Å². The maximum Gasteiger partial charge on any atom is 0.303 e. The minimum absolute atomic E-state index is 0.110. The Kier molecular flexibility index (Phi) is 10.4. The van der Waals surface area contributed by atoms with Gasteiger partial charge >= 0.3 is 23.9 Å². The van der Waals surface area contributed by atoms with Crippen LogP contribution >= 0.6 is 0 Å². The van der Waals surface area contributed by atoms with Gasteiger partial charge in [-0.15, -0.1) is 0 Å². The number of allylic oxidation sites excluding steroid dienone is 1. The summed E-state index contributed by atoms with van der Waals surface area (Å²) in [6.07, 6.45) is -4.07. The Morgan fingerprint density at radius 3 is 1.84 bits per heavy atom. The Balaban J connectivity index is 2.33. The highest BCUT2D eigenvalue weighted by Gasteiger charge is 2.52. The van der Waals surface area contributed by atoms with Crippen LogP contribution in [0.1, 0.15) is 39.7 Å². The van der Waals surface area contributed by atoms with E-state index >= 15 is 0 Å². The number of nitro benzene ring substituents is 1. The molecular formula is C24H27NO12. The highest BCUT2D eigenvalue weighted by Crippen LogP contribution is 2.31. The zero-order valence-corrected chi connectivity index (χ0v) is 20.6. The van der Waals surface area contributed by atoms with E-state index in [-0.39, 0.29) is 12.1 Å². The van der Waals surface area contributed by atoms with Crippen molar-refractivity contribution in [3.63, 3.8) is 0 Å². The van der Waals surface area contributed by atoms with Gasteiger partial charge in [0.25, 0.3) is 5.69 Å². The summed E-state index contributed by atoms with van der Waals surface area (Å²) < 4.78 is 26.8. The first-order valence-electron chi connectivity index (χ1n) is 11.1. The highest BCUT2D eigenvalue weighted by atomic mass is 16.7. The molecule has 0 spiro atoms. The molecule has 1 aromatic rings. The Morgan fingerprint density at radius 2 is 1.35 bits per heavy atom. The van der Waals surface area contributed by atoms with Crippen LogP contribution in [0.4, 0.5) is 5.69 Å². The monoisotopic (exact) mass is 521 g/mol. The van der Waals surface area contributed by atoms with Crippen molar-refractivity contribution in [2.24, 2.45) is 0 Å². The number of hydrogen-bond donors (Lipinski definition) is 0. The summed E-state index contributed by atoms with van der Waals surface area (Å²) >= 11 is 0. The average molecular weight is 521 g/mol. The number of non-ortho nitro benzene ring substituents is 1. The summed E-state index contributed by atoms with van der Waals surface area (Å²) in [5.41, 5.74) is 0.404. The zero-order chi connectivity index (χ0) is 27.7. The second-order valence-electron chi connectivity index (χ2n) is 8.09. The molecule has 1 aromatic carbocycles. The maximum absolute atomic E-state index is 12.8. The van der Waals surface area contributed by atoms with Gasteiger partial charge in [-0.1, -0.05) is 6.08 Å². The molecule has 13 heteroatoms. The van der Waals surface area contributed by atoms with E-state index in [1.807, 2.05) is 0 Å². The molecular weight excluding hydrogens is 494 g/mol. The molecule has 0 aromatic heterocycles. The van der Waals surface area contributed by atoms with E-state index in [1.54, 1.807) is 0 Å². The number of carbonyl (C=O) groups excluding carboxylic acids is 5. The molecule has 0 bridgehead atoms. The number of benzene rings is 1. The lowest BCUT2D eigenvalue weighted by Crippen LogP contribution is -2.62. The van der Waals surface area contributed by atoms with Crippen molar-refractivity contribution in [2.45, 2.75) is 64.6 Å². The third-order valence-corrected chi connectivity index (χ3v) is 5.06. The molecule has 200 valence electrons. The lowest BCUT2D eigenvalue weighted by molar-refractivity contribution is -0.384. The van der Waals surface area contributed by atoms with Crippen LogP contribution in [0.2, 0.25) is 0 Å². The number of esters is 4. The Morgan fingerprint density at radius 1 is 0.838 bits per heavy atom. The fourth-order valence-electron chi connectivity index (χ4n) is 3.64. The molecule has 0 saturated carbocycles. The van der Waals surface area contributed by atoms with E-state index in [0.717, 1.165) is 27.7 Å². The standard InChI is InChI=1S/C24H27NO12/c1-13(26)33-12-21-23(35-15(3)28)24(36-16(4)29)22(34-14(2)27)20(37-21)11-19(30)10-7-17-5-8-18(9-6-17)25(31)32/h5-10,20-24H,11-12H2,1-4H3/b10-7+/t20-,21+,22-,23+,24+/m0/s1. The smallest absolute Gasteiger partial charge is 0.303 e. The van der Waals surface area contributed by atoms with Crippen molar-refractivity contribution >= 4 is 41.4 Å². The maximum atomic E-state index is 12.8. The van der Waals surface area contributed by atoms with E-state index in [2.05, 4.69) is 0 Å². The second-order valence-corrected chi connectivity index (χ2v) is 8.09. The highest BCUT2D eigenvalue weighted by molar-refractivity contribution is 5.94. The average Bonchev–Trinajstić information content (AvgIpc) is 2.79. The topological polar surface area (TPSA) is 175 Å². The molecule has 0 aliphatic carbocycles. The Bertz CT molecular complexity index is 1060. The fraction of sp³-hybridized carbons (Fsp3) is 0.458. The van der Waals surface area contributed by atoms with Gasteiger partial charge in [-0.2, -0.15) is 0 Å². The van der Waals surface area contributed by atoms with Gasteiger partial charge in [0.2, 0.25) is 0 Å². The van der Waals surface area contributed by atoms with Gasteiger partial charge in [0.15, 0.2) is 24.1 Å². The van der Waals surface area contributed by atoms with Crippen LogP contribution in [0.3, 0.4) is 0 Å². The van der Waals surface area contributed by atoms with Crippen molar-refractivity contribution in [1.82, 2.24) is 0 Å². The van der Waals surface area contributed by atoms with Crippen LogP contribution in [-0.4, -0.2) is 71.7 Å². The van der Waals surface area contributed by atoms with Crippen LogP contribution in [0, 0.1) is 10.1 Å². The molecule has 0 radical (unpaired) electrons. The molecule has 1 aliphatic rings. The van der Waals surface area contributed by atoms with Crippen molar-refractivity contribution in [3.8, 4) is 0 Å². The van der Waals surface area contributed by atoms with Crippen LogP contribution in [0.25, 0.3) is 6.08 Å². The van der Waals surface area contributed by atoms with Gasteiger partial charge in [0.05, 0.1) is 4.92 Å². The molecule has 5 atom stereocenters. The second kappa shape index (κ2) is 13.3. The quantitative estimate of drug-likeness (QED) is 0.143. The van der Waals surface area contributed by atoms with Gasteiger partial charge in [-0.3, -0.25) is 34.1 Å². The summed E-state index contributed by atoms with van der Waals surface area (Å²) in [5.74, 6) is -3.46. The number of carbonyl (C=O) groups is 5. The van der Waals surface area contributed by atoms with Gasteiger partial charge in [0.1, 0.15) is 18.8 Å². The largest absolute Gasteiger partial charge is 0.463 e. The number of nitro groups is 1. The third-order valence-electron chi connectivity index (χ3n) is 5.06. The van der Waals surface area contributed by atoms with Crippen LogP contribution in [-0.2, 0) is 47.7 Å². The first kappa shape index (κ1) is 29.1. The summed E-state index contributed by atoms with van der Waals surface area (Å²) in [6, 6.07) is 5.47. The number of ketones is 1. The molecule has 1 aliphatic heterocycles. The number of ether oxygens (including phenoxy) is 5. The summed E-state index contributed by atoms with van der Waals surface area (Å²) in [7, 11) is 0. The van der Waals surface area contributed by atoms with Crippen LogP contribution in [0.15, 0.2) is 30.3 Å². The first-order chi connectivity index (χ1) is 17.4. The van der Waals surface area contributed by atoms with Gasteiger partial charge in [0, 0.05) is 46.2 Å². The predicted molar refractivity (Wildman–Crippen MR) is 124 cm³/mol. The lowest BCUT2D eigenvalue weighted by Gasteiger charge is -2.44. The molecule has 2 rings (SSSR count). The Hall–Kier alpha value is -4.13. The number of nitrogens with zero attached hydrogens (tertiary/aromatic N) is 1. The van der Waals surface area contributed by atoms with Crippen molar-refractivity contribution in [2.75, 3.05) is 6.61 Å². The fourth-order valence-corrected chi connectivity index (χ4v) is 3.64. The van der Waals surface area contributed by atoms with Crippen LogP contribution in [0.5, 0.6) is 0 Å². The Labute approximate surface area is 211 Å². The molecule has 0 unspecified atom stereocenters. The minimum Gasteiger partial charge on any atom is -0.463 e. The summed E-state index contributed by atoms with van der Waals surface area (Å²) in [5, 5.41) is 10.8. The molecule has 1 heterocycles. The first-order valence-corrected chi connectivity index (χ1v) is 11.1. The van der Waals surface area contributed by atoms with E-state index < -0.39 is 71.7 Å². The third kappa shape index (κ3) is 9.11. The van der Waals surface area contributed by atoms with E-state index in [1.165, 1.54) is 36.4 Å². The molecule has 1 saturated heterocycles.